The fraction of sp³-hybridized carbons (Fsp3) is 0.500. The van der Waals surface area contributed by atoms with E-state index in [0.29, 0.717) is 23.3 Å². The van der Waals surface area contributed by atoms with Crippen molar-refractivity contribution in [1.29, 1.82) is 0 Å². The number of urea groups is 1. The van der Waals surface area contributed by atoms with E-state index < -0.39 is 0 Å². The molecule has 0 aliphatic carbocycles. The van der Waals surface area contributed by atoms with E-state index in [4.69, 9.17) is 0 Å². The molecular weight excluding hydrogens is 563 g/mol. The molecule has 0 unspecified atom stereocenters. The van der Waals surface area contributed by atoms with Crippen molar-refractivity contribution in [3.05, 3.63) is 58.3 Å². The number of halogens is 2. The highest BCUT2D eigenvalue weighted by molar-refractivity contribution is 9.10. The molecule has 2 aliphatic heterocycles. The molecule has 2 N–H and O–H groups in total. The topological polar surface area (TPSA) is 91.2 Å². The van der Waals surface area contributed by atoms with Gasteiger partial charge in [-0.3, -0.25) is 0 Å². The molecule has 11 heteroatoms. The first-order valence-corrected chi connectivity index (χ1v) is 14.4. The molecule has 0 bridgehead atoms. The van der Waals surface area contributed by atoms with E-state index in [1.165, 1.54) is 18.4 Å². The van der Waals surface area contributed by atoms with Crippen LogP contribution in [0.5, 0.6) is 0 Å². The van der Waals surface area contributed by atoms with Crippen LogP contribution < -0.4 is 10.6 Å². The number of nitrogens with one attached hydrogen (secondary N) is 2. The average Bonchev–Trinajstić information content (AvgIpc) is 3.33. The van der Waals surface area contributed by atoms with Crippen LogP contribution in [0.1, 0.15) is 24.8 Å². The Bertz CT molecular complexity index is 1270. The van der Waals surface area contributed by atoms with Gasteiger partial charge in [0.15, 0.2) is 5.82 Å². The number of aryl methyl sites for hydroxylation is 1. The van der Waals surface area contributed by atoms with Gasteiger partial charge in [0.1, 0.15) is 5.82 Å². The monoisotopic (exact) mass is 598 g/mol. The predicted octanol–water partition coefficient (Wildman–Crippen LogP) is 4.18. The van der Waals surface area contributed by atoms with Crippen molar-refractivity contribution in [3.8, 4) is 11.4 Å². The summed E-state index contributed by atoms with van der Waals surface area (Å²) in [6.07, 6.45) is 4.25. The summed E-state index contributed by atoms with van der Waals surface area (Å²) in [5.41, 5.74) is 2.68. The summed E-state index contributed by atoms with van der Waals surface area (Å²) in [6.45, 7) is 4.97. The second-order valence-electron chi connectivity index (χ2n) is 11.0. The summed E-state index contributed by atoms with van der Waals surface area (Å²) in [4.78, 5) is 18.0. The fourth-order valence-electron chi connectivity index (χ4n) is 5.96. The van der Waals surface area contributed by atoms with Gasteiger partial charge in [0.25, 0.3) is 0 Å². The first-order chi connectivity index (χ1) is 18.8. The van der Waals surface area contributed by atoms with Crippen LogP contribution in [0.25, 0.3) is 11.4 Å². The van der Waals surface area contributed by atoms with Gasteiger partial charge in [-0.2, -0.15) is 0 Å². The molecule has 2 aromatic carbocycles. The summed E-state index contributed by atoms with van der Waals surface area (Å²) < 4.78 is 15.7. The third-order valence-corrected chi connectivity index (χ3v) is 8.28. The lowest BCUT2D eigenvalue weighted by Gasteiger charge is -2.41. The second kappa shape index (κ2) is 12.5. The zero-order chi connectivity index (χ0) is 27.4. The summed E-state index contributed by atoms with van der Waals surface area (Å²) in [5.74, 6) is 1.34. The van der Waals surface area contributed by atoms with Crippen LogP contribution in [0.3, 0.4) is 0 Å². The fourth-order valence-corrected chi connectivity index (χ4v) is 6.45. The number of tetrazole rings is 1. The normalized spacial score (nSPS) is 22.5. The van der Waals surface area contributed by atoms with Crippen LogP contribution in [-0.4, -0.2) is 81.9 Å². The number of hydrogen-bond acceptors (Lipinski definition) is 6. The van der Waals surface area contributed by atoms with Crippen molar-refractivity contribution in [2.24, 2.45) is 18.9 Å². The number of anilines is 1. The number of benzene rings is 2. The van der Waals surface area contributed by atoms with Gasteiger partial charge in [-0.05, 0) is 98.1 Å². The first-order valence-electron chi connectivity index (χ1n) is 13.6. The average molecular weight is 600 g/mol. The van der Waals surface area contributed by atoms with E-state index >= 15 is 0 Å². The maximum absolute atomic E-state index is 13.3. The largest absolute Gasteiger partial charge is 0.335 e. The standard InChI is InChI=1S/C28H36BrFN8O/c1-36-11-9-26(32-28(39)31-25-14-21(13-23(29)15-25)27-33-34-35-37(27)2)22(17-36)18-38-10-3-4-20(16-38)12-19-5-7-24(30)8-6-19/h5-8,13-15,20,22,26H,3-4,9-12,16-18H2,1-2H3,(H2,31,32,39)/t20-,22-,26+/m0/s1. The van der Waals surface area contributed by atoms with Gasteiger partial charge in [-0.15, -0.1) is 5.10 Å². The lowest BCUT2D eigenvalue weighted by molar-refractivity contribution is 0.0958. The van der Waals surface area contributed by atoms with Gasteiger partial charge in [0.05, 0.1) is 0 Å². The molecule has 0 spiro atoms. The van der Waals surface area contributed by atoms with E-state index in [-0.39, 0.29) is 17.9 Å². The number of hydrogen-bond donors (Lipinski definition) is 2. The van der Waals surface area contributed by atoms with Gasteiger partial charge in [-0.25, -0.2) is 13.9 Å². The van der Waals surface area contributed by atoms with E-state index in [1.54, 1.807) is 23.9 Å². The number of piperidine rings is 2. The molecule has 2 fully saturated rings. The van der Waals surface area contributed by atoms with Crippen molar-refractivity contribution in [2.45, 2.75) is 31.7 Å². The van der Waals surface area contributed by atoms with Crippen molar-refractivity contribution in [1.82, 2.24) is 35.3 Å². The van der Waals surface area contributed by atoms with Crippen LogP contribution >= 0.6 is 15.9 Å². The lowest BCUT2D eigenvalue weighted by atomic mass is 9.88. The Morgan fingerprint density at radius 3 is 2.69 bits per heavy atom. The molecular formula is C28H36BrFN8O. The van der Waals surface area contributed by atoms with Crippen LogP contribution in [-0.2, 0) is 13.5 Å². The number of rotatable bonds is 7. The van der Waals surface area contributed by atoms with Gasteiger partial charge >= 0.3 is 6.03 Å². The Kier molecular flexibility index (Phi) is 8.89. The molecule has 0 radical (unpaired) electrons. The molecule has 39 heavy (non-hydrogen) atoms. The third-order valence-electron chi connectivity index (χ3n) is 7.82. The van der Waals surface area contributed by atoms with E-state index in [9.17, 15) is 9.18 Å². The molecule has 3 heterocycles. The highest BCUT2D eigenvalue weighted by atomic mass is 79.9. The third kappa shape index (κ3) is 7.40. The quantitative estimate of drug-likeness (QED) is 0.424. The molecule has 9 nitrogen and oxygen atoms in total. The van der Waals surface area contributed by atoms with E-state index in [2.05, 4.69) is 58.9 Å². The molecule has 1 aromatic heterocycles. The second-order valence-corrected chi connectivity index (χ2v) is 11.9. The SMILES string of the molecule is CN1CC[C@@H](NC(=O)Nc2cc(Br)cc(-c3nnnn3C)c2)[C@H](CN2CCC[C@@H](Cc3ccc(F)cc3)C2)C1. The zero-order valence-electron chi connectivity index (χ0n) is 22.5. The highest BCUT2D eigenvalue weighted by Crippen LogP contribution is 2.27. The predicted molar refractivity (Wildman–Crippen MR) is 153 cm³/mol. The number of carbonyl (C=O) groups excluding carboxylic acids is 1. The molecule has 0 saturated carbocycles. The summed E-state index contributed by atoms with van der Waals surface area (Å²) in [5, 5.41) is 18.0. The number of likely N-dealkylation sites (tertiary alicyclic amines) is 2. The zero-order valence-corrected chi connectivity index (χ0v) is 24.1. The molecule has 2 amide bonds. The number of carbonyl (C=O) groups is 1. The minimum atomic E-state index is -0.206. The Balaban J connectivity index is 1.20. The maximum Gasteiger partial charge on any atom is 0.319 e. The van der Waals surface area contributed by atoms with Gasteiger partial charge in [0.2, 0.25) is 0 Å². The van der Waals surface area contributed by atoms with E-state index in [0.717, 1.165) is 55.6 Å². The molecule has 208 valence electrons. The lowest BCUT2D eigenvalue weighted by Crippen LogP contribution is -2.55. The Hall–Kier alpha value is -2.89. The number of amides is 2. The van der Waals surface area contributed by atoms with Gasteiger partial charge in [-0.1, -0.05) is 28.1 Å². The summed E-state index contributed by atoms with van der Waals surface area (Å²) in [6, 6.07) is 12.5. The van der Waals surface area contributed by atoms with Crippen molar-refractivity contribution in [2.75, 3.05) is 45.1 Å². The van der Waals surface area contributed by atoms with E-state index in [1.807, 2.05) is 30.3 Å². The number of aromatic nitrogens is 4. The Morgan fingerprint density at radius 2 is 1.92 bits per heavy atom. The van der Waals surface area contributed by atoms with Crippen LogP contribution in [0.4, 0.5) is 14.9 Å². The minimum absolute atomic E-state index is 0.0910. The molecule has 3 atom stereocenters. The smallest absolute Gasteiger partial charge is 0.319 e. The molecule has 5 rings (SSSR count). The van der Waals surface area contributed by atoms with Crippen LogP contribution in [0, 0.1) is 17.7 Å². The van der Waals surface area contributed by atoms with Crippen LogP contribution in [0.15, 0.2) is 46.9 Å². The van der Waals surface area contributed by atoms with Gasteiger partial charge in [0, 0.05) is 54.4 Å². The highest BCUT2D eigenvalue weighted by Gasteiger charge is 2.32. The first kappa shape index (κ1) is 27.7. The molecule has 2 saturated heterocycles. The summed E-state index contributed by atoms with van der Waals surface area (Å²) >= 11 is 3.53. The maximum atomic E-state index is 13.3. The molecule has 2 aliphatic rings. The van der Waals surface area contributed by atoms with Crippen LogP contribution in [0.2, 0.25) is 0 Å². The Morgan fingerprint density at radius 1 is 1.10 bits per heavy atom. The summed E-state index contributed by atoms with van der Waals surface area (Å²) in [7, 11) is 3.94. The minimum Gasteiger partial charge on any atom is -0.335 e. The van der Waals surface area contributed by atoms with Crippen molar-refractivity contribution >= 4 is 27.6 Å². The number of nitrogens with zero attached hydrogens (tertiary/aromatic N) is 6. The van der Waals surface area contributed by atoms with Gasteiger partial charge < -0.3 is 20.4 Å². The van der Waals surface area contributed by atoms with Crippen molar-refractivity contribution in [3.63, 3.8) is 0 Å². The Labute approximate surface area is 237 Å². The molecule has 3 aromatic rings. The van der Waals surface area contributed by atoms with Crippen molar-refractivity contribution < 1.29 is 9.18 Å².